The van der Waals surface area contributed by atoms with Crippen molar-refractivity contribution >= 4 is 34.8 Å². The van der Waals surface area contributed by atoms with Gasteiger partial charge in [0, 0.05) is 16.9 Å². The van der Waals surface area contributed by atoms with Crippen molar-refractivity contribution in [2.45, 2.75) is 13.1 Å². The van der Waals surface area contributed by atoms with Crippen LogP contribution in [0.4, 0.5) is 40.6 Å². The van der Waals surface area contributed by atoms with E-state index in [-0.39, 0.29) is 11.3 Å². The number of hydrogen-bond donors (Lipinski definition) is 3. The number of anilines is 4. The molecule has 0 saturated carbocycles. The molecule has 188 valence electrons. The summed E-state index contributed by atoms with van der Waals surface area (Å²) >= 11 is 0. The Hall–Kier alpha value is -4.80. The van der Waals surface area contributed by atoms with Gasteiger partial charge in [-0.25, -0.2) is 14.4 Å². The van der Waals surface area contributed by atoms with Crippen molar-refractivity contribution in [3.05, 3.63) is 107 Å². The third-order valence-electron chi connectivity index (χ3n) is 5.22. The molecule has 37 heavy (non-hydrogen) atoms. The van der Waals surface area contributed by atoms with Crippen LogP contribution in [0, 0.1) is 12.7 Å². The number of aryl methyl sites for hydroxylation is 1. The fourth-order valence-corrected chi connectivity index (χ4v) is 3.32. The van der Waals surface area contributed by atoms with E-state index in [4.69, 9.17) is 0 Å². The molecule has 0 atom stereocenters. The van der Waals surface area contributed by atoms with E-state index in [2.05, 4.69) is 25.9 Å². The van der Waals surface area contributed by atoms with E-state index in [1.807, 2.05) is 30.3 Å². The van der Waals surface area contributed by atoms with Crippen LogP contribution in [0.15, 0.2) is 79.1 Å². The van der Waals surface area contributed by atoms with Gasteiger partial charge < -0.3 is 16.0 Å². The van der Waals surface area contributed by atoms with Crippen LogP contribution in [0.2, 0.25) is 0 Å². The van der Waals surface area contributed by atoms with Gasteiger partial charge in [0.15, 0.2) is 0 Å². The van der Waals surface area contributed by atoms with Crippen molar-refractivity contribution < 1.29 is 27.2 Å². The van der Waals surface area contributed by atoms with E-state index in [1.165, 1.54) is 30.6 Å². The van der Waals surface area contributed by atoms with Crippen LogP contribution in [-0.2, 0) is 6.18 Å². The molecule has 0 unspecified atom stereocenters. The Kier molecular flexibility index (Phi) is 7.14. The van der Waals surface area contributed by atoms with Crippen LogP contribution in [0.1, 0.15) is 31.8 Å². The summed E-state index contributed by atoms with van der Waals surface area (Å²) < 4.78 is 53.0. The van der Waals surface area contributed by atoms with Gasteiger partial charge in [-0.3, -0.25) is 9.59 Å². The Morgan fingerprint density at radius 2 is 1.41 bits per heavy atom. The number of aromatic nitrogens is 2. The van der Waals surface area contributed by atoms with Gasteiger partial charge >= 0.3 is 6.18 Å². The van der Waals surface area contributed by atoms with Crippen molar-refractivity contribution in [3.63, 3.8) is 0 Å². The molecule has 1 aromatic heterocycles. The highest BCUT2D eigenvalue weighted by Crippen LogP contribution is 2.30. The number of rotatable bonds is 6. The average molecular weight is 509 g/mol. The number of nitrogens with zero attached hydrogens (tertiary/aromatic N) is 2. The van der Waals surface area contributed by atoms with E-state index < -0.39 is 34.9 Å². The van der Waals surface area contributed by atoms with Crippen LogP contribution in [0.25, 0.3) is 0 Å². The fraction of sp³-hybridized carbons (Fsp3) is 0.0769. The van der Waals surface area contributed by atoms with Gasteiger partial charge in [-0.1, -0.05) is 24.3 Å². The van der Waals surface area contributed by atoms with Gasteiger partial charge in [-0.05, 0) is 55.0 Å². The number of amides is 2. The molecule has 0 saturated heterocycles. The Morgan fingerprint density at radius 3 is 2.08 bits per heavy atom. The summed E-state index contributed by atoms with van der Waals surface area (Å²) in [5.74, 6) is -2.41. The second-order valence-corrected chi connectivity index (χ2v) is 7.92. The summed E-state index contributed by atoms with van der Waals surface area (Å²) in [4.78, 5) is 33.7. The average Bonchev–Trinajstić information content (AvgIpc) is 2.86. The zero-order valence-electron chi connectivity index (χ0n) is 19.2. The summed E-state index contributed by atoms with van der Waals surface area (Å²) in [6.45, 7) is 1.66. The maximum Gasteiger partial charge on any atom is 0.416 e. The van der Waals surface area contributed by atoms with Crippen LogP contribution in [0.3, 0.4) is 0 Å². The second-order valence-electron chi connectivity index (χ2n) is 7.92. The van der Waals surface area contributed by atoms with Crippen molar-refractivity contribution in [2.75, 3.05) is 16.0 Å². The Morgan fingerprint density at radius 1 is 0.757 bits per heavy atom. The molecule has 2 amide bonds. The fourth-order valence-electron chi connectivity index (χ4n) is 3.32. The third-order valence-corrected chi connectivity index (χ3v) is 5.22. The van der Waals surface area contributed by atoms with E-state index in [9.17, 15) is 27.2 Å². The first-order valence-electron chi connectivity index (χ1n) is 10.8. The van der Waals surface area contributed by atoms with E-state index in [0.29, 0.717) is 35.4 Å². The van der Waals surface area contributed by atoms with Gasteiger partial charge in [-0.15, -0.1) is 0 Å². The van der Waals surface area contributed by atoms with Crippen LogP contribution < -0.4 is 16.0 Å². The third kappa shape index (κ3) is 6.26. The summed E-state index contributed by atoms with van der Waals surface area (Å²) in [5.41, 5.74) is -0.00527. The maximum absolute atomic E-state index is 14.1. The first-order chi connectivity index (χ1) is 17.6. The molecule has 3 N–H and O–H groups in total. The molecule has 0 aliphatic heterocycles. The molecule has 11 heteroatoms. The smallest absolute Gasteiger partial charge is 0.324 e. The lowest BCUT2D eigenvalue weighted by Crippen LogP contribution is -2.17. The summed E-state index contributed by atoms with van der Waals surface area (Å²) in [6, 6.07) is 15.1. The molecule has 3 aromatic carbocycles. The molecule has 0 aliphatic rings. The number of carbonyl (C=O) groups is 2. The van der Waals surface area contributed by atoms with Crippen LogP contribution >= 0.6 is 0 Å². The van der Waals surface area contributed by atoms with Crippen molar-refractivity contribution in [3.8, 4) is 0 Å². The molecule has 0 spiro atoms. The first-order valence-corrected chi connectivity index (χ1v) is 10.8. The largest absolute Gasteiger partial charge is 0.416 e. The molecule has 4 aromatic rings. The number of para-hydroxylation sites is 1. The van der Waals surface area contributed by atoms with Gasteiger partial charge in [-0.2, -0.15) is 13.2 Å². The first kappa shape index (κ1) is 25.3. The SMILES string of the molecule is Cc1ccc(NC(=O)c2cc(C(F)(F)F)ccc2F)cc1C(=O)Nc1cnc(Nc2ccccc2)nc1. The predicted molar refractivity (Wildman–Crippen MR) is 130 cm³/mol. The van der Waals surface area contributed by atoms with Crippen molar-refractivity contribution in [2.24, 2.45) is 0 Å². The second kappa shape index (κ2) is 10.4. The molecule has 0 fully saturated rings. The molecule has 0 radical (unpaired) electrons. The Balaban J connectivity index is 1.47. The van der Waals surface area contributed by atoms with Crippen LogP contribution in [0.5, 0.6) is 0 Å². The maximum atomic E-state index is 14.1. The number of nitrogens with one attached hydrogen (secondary N) is 3. The molecule has 4 rings (SSSR count). The minimum Gasteiger partial charge on any atom is -0.324 e. The number of halogens is 4. The van der Waals surface area contributed by atoms with Crippen molar-refractivity contribution in [1.29, 1.82) is 0 Å². The molecular weight excluding hydrogens is 490 g/mol. The number of carbonyl (C=O) groups excluding carboxylic acids is 2. The molecular formula is C26H19F4N5O2. The normalized spacial score (nSPS) is 11.1. The Labute approximate surface area is 208 Å². The molecule has 7 nitrogen and oxygen atoms in total. The topological polar surface area (TPSA) is 96.0 Å². The summed E-state index contributed by atoms with van der Waals surface area (Å²) in [6.07, 6.45) is -1.92. The molecule has 0 aliphatic carbocycles. The standard InChI is InChI=1S/C26H19F4N5O2/c1-15-7-9-18(33-24(37)21-11-16(26(28,29)30)8-10-22(21)27)12-20(15)23(36)34-19-13-31-25(32-14-19)35-17-5-3-2-4-6-17/h2-14H,1H3,(H,33,37)(H,34,36)(H,31,32,35). The Bertz CT molecular complexity index is 1440. The molecule has 0 bridgehead atoms. The van der Waals surface area contributed by atoms with E-state index >= 15 is 0 Å². The molecule has 1 heterocycles. The van der Waals surface area contributed by atoms with Crippen LogP contribution in [-0.4, -0.2) is 21.8 Å². The number of hydrogen-bond acceptors (Lipinski definition) is 5. The lowest BCUT2D eigenvalue weighted by Gasteiger charge is -2.12. The zero-order chi connectivity index (χ0) is 26.6. The lowest BCUT2D eigenvalue weighted by atomic mass is 10.1. The number of alkyl halides is 3. The van der Waals surface area contributed by atoms with E-state index in [0.717, 1.165) is 5.69 Å². The quantitative estimate of drug-likeness (QED) is 0.269. The van der Waals surface area contributed by atoms with Gasteiger partial charge in [0.25, 0.3) is 11.8 Å². The minimum atomic E-state index is -4.74. The summed E-state index contributed by atoms with van der Waals surface area (Å²) in [7, 11) is 0. The lowest BCUT2D eigenvalue weighted by molar-refractivity contribution is -0.137. The van der Waals surface area contributed by atoms with Gasteiger partial charge in [0.05, 0.1) is 29.2 Å². The minimum absolute atomic E-state index is 0.0937. The summed E-state index contributed by atoms with van der Waals surface area (Å²) in [5, 5.41) is 8.00. The predicted octanol–water partition coefficient (Wildman–Crippen LogP) is 6.19. The van der Waals surface area contributed by atoms with E-state index in [1.54, 1.807) is 6.92 Å². The van der Waals surface area contributed by atoms with Crippen molar-refractivity contribution in [1.82, 2.24) is 9.97 Å². The highest BCUT2D eigenvalue weighted by Gasteiger charge is 2.32. The van der Waals surface area contributed by atoms with Gasteiger partial charge in [0.1, 0.15) is 5.82 Å². The van der Waals surface area contributed by atoms with Gasteiger partial charge in [0.2, 0.25) is 5.95 Å². The number of benzene rings is 3. The highest BCUT2D eigenvalue weighted by atomic mass is 19.4. The zero-order valence-corrected chi connectivity index (χ0v) is 19.2. The highest BCUT2D eigenvalue weighted by molar-refractivity contribution is 6.08. The monoisotopic (exact) mass is 509 g/mol.